The lowest BCUT2D eigenvalue weighted by atomic mass is 9.94. The third-order valence-electron chi connectivity index (χ3n) is 4.45. The van der Waals surface area contributed by atoms with Gasteiger partial charge in [-0.25, -0.2) is 5.06 Å². The van der Waals surface area contributed by atoms with Crippen LogP contribution in [0.15, 0.2) is 83.0 Å². The number of benzene rings is 3. The highest BCUT2D eigenvalue weighted by atomic mass is 35.5. The van der Waals surface area contributed by atoms with Crippen molar-refractivity contribution in [1.82, 2.24) is 5.06 Å². The topological polar surface area (TPSA) is 88.7 Å². The minimum Gasteiger partial charge on any atom is -0.508 e. The molecule has 6 nitrogen and oxygen atoms in total. The van der Waals surface area contributed by atoms with Crippen molar-refractivity contribution in [3.8, 4) is 11.5 Å². The van der Waals surface area contributed by atoms with E-state index in [1.807, 2.05) is 30.3 Å². The van der Waals surface area contributed by atoms with Crippen molar-refractivity contribution in [2.45, 2.75) is 6.04 Å². The number of phenolic OH excluding ortho intramolecular Hbond substituents is 2. The Labute approximate surface area is 166 Å². The highest BCUT2D eigenvalue weighted by molar-refractivity contribution is 6.30. The van der Waals surface area contributed by atoms with E-state index in [4.69, 9.17) is 11.6 Å². The van der Waals surface area contributed by atoms with Gasteiger partial charge in [0.25, 0.3) is 0 Å². The summed E-state index contributed by atoms with van der Waals surface area (Å²) in [6.45, 7) is 0. The summed E-state index contributed by atoms with van der Waals surface area (Å²) in [5, 5.41) is 41.2. The SMILES string of the molecule is Oc1ccc([C@@H]2C(c3ccccc3)=NN=C(c3ccc(Cl)cc3)N2O)c(O)c1. The standard InChI is InChI=1S/C21H16ClN3O3/c22-15-8-6-14(7-9-15)21-24-23-19(13-4-2-1-3-5-13)20(25(21)28)17-11-10-16(26)12-18(17)27/h1-12,20,26-28H/t20-/m1/s1. The smallest absolute Gasteiger partial charge is 0.182 e. The van der Waals surface area contributed by atoms with Gasteiger partial charge in [-0.05, 0) is 36.4 Å². The molecule has 0 spiro atoms. The maximum absolute atomic E-state index is 11.0. The van der Waals surface area contributed by atoms with Crippen LogP contribution in [-0.4, -0.2) is 32.0 Å². The van der Waals surface area contributed by atoms with E-state index in [1.165, 1.54) is 12.1 Å². The summed E-state index contributed by atoms with van der Waals surface area (Å²) >= 11 is 5.95. The first-order valence-corrected chi connectivity index (χ1v) is 8.89. The molecule has 0 aliphatic carbocycles. The molecule has 1 atom stereocenters. The van der Waals surface area contributed by atoms with Gasteiger partial charge >= 0.3 is 0 Å². The molecule has 0 unspecified atom stereocenters. The van der Waals surface area contributed by atoms with Gasteiger partial charge in [0, 0.05) is 27.8 Å². The number of phenols is 2. The number of hydrogen-bond acceptors (Lipinski definition) is 6. The fourth-order valence-electron chi connectivity index (χ4n) is 3.10. The molecule has 0 radical (unpaired) electrons. The molecule has 1 aliphatic rings. The Morgan fingerprint density at radius 2 is 1.54 bits per heavy atom. The summed E-state index contributed by atoms with van der Waals surface area (Å²) in [6.07, 6.45) is 0. The van der Waals surface area contributed by atoms with Crippen LogP contribution in [0.25, 0.3) is 0 Å². The van der Waals surface area contributed by atoms with Gasteiger partial charge in [-0.3, -0.25) is 5.21 Å². The van der Waals surface area contributed by atoms with Crippen LogP contribution in [-0.2, 0) is 0 Å². The summed E-state index contributed by atoms with van der Waals surface area (Å²) < 4.78 is 0. The first kappa shape index (κ1) is 18.0. The van der Waals surface area contributed by atoms with E-state index in [9.17, 15) is 15.4 Å². The second kappa shape index (κ2) is 7.34. The van der Waals surface area contributed by atoms with E-state index in [0.717, 1.165) is 10.6 Å². The van der Waals surface area contributed by atoms with Crippen LogP contribution in [0.2, 0.25) is 5.02 Å². The summed E-state index contributed by atoms with van der Waals surface area (Å²) in [4.78, 5) is 0. The zero-order valence-electron chi connectivity index (χ0n) is 14.6. The summed E-state index contributed by atoms with van der Waals surface area (Å²) in [7, 11) is 0. The number of hydrogen-bond donors (Lipinski definition) is 3. The van der Waals surface area contributed by atoms with Gasteiger partial charge in [0.15, 0.2) is 5.84 Å². The number of aromatic hydroxyl groups is 2. The maximum atomic E-state index is 11.0. The highest BCUT2D eigenvalue weighted by Crippen LogP contribution is 2.36. The minimum absolute atomic E-state index is 0.0775. The average Bonchev–Trinajstić information content (AvgIpc) is 2.70. The molecule has 3 aromatic rings. The van der Waals surface area contributed by atoms with E-state index in [2.05, 4.69) is 10.2 Å². The highest BCUT2D eigenvalue weighted by Gasteiger charge is 2.34. The van der Waals surface area contributed by atoms with E-state index < -0.39 is 6.04 Å². The Bertz CT molecular complexity index is 1070. The lowest BCUT2D eigenvalue weighted by Gasteiger charge is -2.32. The van der Waals surface area contributed by atoms with Crippen LogP contribution < -0.4 is 0 Å². The molecule has 140 valence electrons. The van der Waals surface area contributed by atoms with Crippen LogP contribution in [0.4, 0.5) is 0 Å². The Balaban J connectivity index is 1.87. The van der Waals surface area contributed by atoms with E-state index in [-0.39, 0.29) is 17.3 Å². The fraction of sp³-hybridized carbons (Fsp3) is 0.0476. The number of hydroxylamine groups is 2. The van der Waals surface area contributed by atoms with Crippen molar-refractivity contribution in [3.63, 3.8) is 0 Å². The predicted octanol–water partition coefficient (Wildman–Crippen LogP) is 4.35. The van der Waals surface area contributed by atoms with Crippen LogP contribution in [0.1, 0.15) is 22.7 Å². The Morgan fingerprint density at radius 3 is 2.21 bits per heavy atom. The van der Waals surface area contributed by atoms with Crippen molar-refractivity contribution < 1.29 is 15.4 Å². The van der Waals surface area contributed by atoms with Crippen molar-refractivity contribution in [3.05, 3.63) is 94.5 Å². The predicted molar refractivity (Wildman–Crippen MR) is 107 cm³/mol. The molecule has 28 heavy (non-hydrogen) atoms. The lowest BCUT2D eigenvalue weighted by molar-refractivity contribution is -0.0352. The molecular weight excluding hydrogens is 378 g/mol. The van der Waals surface area contributed by atoms with Crippen LogP contribution in [0, 0.1) is 0 Å². The molecular formula is C21H16ClN3O3. The van der Waals surface area contributed by atoms with E-state index >= 15 is 0 Å². The van der Waals surface area contributed by atoms with E-state index in [1.54, 1.807) is 30.3 Å². The minimum atomic E-state index is -0.828. The van der Waals surface area contributed by atoms with Crippen molar-refractivity contribution in [2.75, 3.05) is 0 Å². The first-order valence-electron chi connectivity index (χ1n) is 8.51. The molecule has 0 bridgehead atoms. The van der Waals surface area contributed by atoms with Crippen LogP contribution in [0.3, 0.4) is 0 Å². The fourth-order valence-corrected chi connectivity index (χ4v) is 3.22. The summed E-state index contributed by atoms with van der Waals surface area (Å²) in [5.74, 6) is -0.0230. The largest absolute Gasteiger partial charge is 0.508 e. The van der Waals surface area contributed by atoms with Gasteiger partial charge in [0.1, 0.15) is 23.3 Å². The van der Waals surface area contributed by atoms with E-state index in [0.29, 0.717) is 21.9 Å². The van der Waals surface area contributed by atoms with Gasteiger partial charge in [-0.2, -0.15) is 5.10 Å². The average molecular weight is 394 g/mol. The molecule has 7 heteroatoms. The molecule has 0 aromatic heterocycles. The first-order chi connectivity index (χ1) is 13.5. The van der Waals surface area contributed by atoms with Gasteiger partial charge < -0.3 is 10.2 Å². The van der Waals surface area contributed by atoms with Crippen molar-refractivity contribution in [1.29, 1.82) is 0 Å². The zero-order valence-corrected chi connectivity index (χ0v) is 15.3. The number of nitrogens with zero attached hydrogens (tertiary/aromatic N) is 3. The molecule has 1 heterocycles. The quantitative estimate of drug-likeness (QED) is 0.617. The van der Waals surface area contributed by atoms with Crippen molar-refractivity contribution in [2.24, 2.45) is 10.2 Å². The lowest BCUT2D eigenvalue weighted by Crippen LogP contribution is -2.39. The second-order valence-electron chi connectivity index (χ2n) is 6.27. The molecule has 3 aromatic carbocycles. The van der Waals surface area contributed by atoms with Gasteiger partial charge in [-0.1, -0.05) is 41.9 Å². The Morgan fingerprint density at radius 1 is 0.821 bits per heavy atom. The third kappa shape index (κ3) is 3.31. The normalized spacial score (nSPS) is 16.5. The second-order valence-corrected chi connectivity index (χ2v) is 6.71. The monoisotopic (exact) mass is 393 g/mol. The number of rotatable bonds is 3. The molecule has 1 aliphatic heterocycles. The zero-order chi connectivity index (χ0) is 19.7. The number of halogens is 1. The molecule has 0 saturated heterocycles. The molecule has 4 rings (SSSR count). The van der Waals surface area contributed by atoms with Crippen LogP contribution in [0.5, 0.6) is 11.5 Å². The number of amidine groups is 1. The third-order valence-corrected chi connectivity index (χ3v) is 4.71. The molecule has 3 N–H and O–H groups in total. The van der Waals surface area contributed by atoms with Crippen molar-refractivity contribution >= 4 is 23.1 Å². The van der Waals surface area contributed by atoms with Gasteiger partial charge in [0.05, 0.1) is 0 Å². The molecule has 0 fully saturated rings. The molecule has 0 saturated carbocycles. The Kier molecular flexibility index (Phi) is 4.73. The van der Waals surface area contributed by atoms with Gasteiger partial charge in [-0.15, -0.1) is 5.10 Å². The summed E-state index contributed by atoms with van der Waals surface area (Å²) in [6, 6.07) is 19.5. The summed E-state index contributed by atoms with van der Waals surface area (Å²) in [5.41, 5.74) is 2.20. The van der Waals surface area contributed by atoms with Gasteiger partial charge in [0.2, 0.25) is 0 Å². The maximum Gasteiger partial charge on any atom is 0.182 e. The Hall–Kier alpha value is -3.35. The molecule has 0 amide bonds. The van der Waals surface area contributed by atoms with Crippen LogP contribution >= 0.6 is 11.6 Å².